The molecule has 0 radical (unpaired) electrons. The van der Waals surface area contributed by atoms with Gasteiger partial charge in [-0.3, -0.25) is 0 Å². The Morgan fingerprint density at radius 3 is 2.00 bits per heavy atom. The Bertz CT molecular complexity index is 359. The zero-order valence-corrected chi connectivity index (χ0v) is 14.2. The molecule has 20 heavy (non-hydrogen) atoms. The van der Waals surface area contributed by atoms with E-state index in [2.05, 4.69) is 10.2 Å². The van der Waals surface area contributed by atoms with Crippen molar-refractivity contribution in [3.05, 3.63) is 0 Å². The van der Waals surface area contributed by atoms with Gasteiger partial charge in [0.1, 0.15) is 0 Å². The SMILES string of the molecule is CC.CN(C1CCN(C2CCNCC2)CC1)S(C)(=O)=O. The maximum absolute atomic E-state index is 11.5. The summed E-state index contributed by atoms with van der Waals surface area (Å²) in [5.74, 6) is 0. The third kappa shape index (κ3) is 4.98. The largest absolute Gasteiger partial charge is 0.317 e. The van der Waals surface area contributed by atoms with Crippen molar-refractivity contribution in [3.63, 3.8) is 0 Å². The number of sulfonamides is 1. The lowest BCUT2D eigenvalue weighted by molar-refractivity contribution is 0.106. The van der Waals surface area contributed by atoms with E-state index in [0.717, 1.165) is 39.0 Å². The Balaban J connectivity index is 0.000000956. The summed E-state index contributed by atoms with van der Waals surface area (Å²) in [6, 6.07) is 0.897. The Morgan fingerprint density at radius 2 is 1.55 bits per heavy atom. The maximum Gasteiger partial charge on any atom is 0.211 e. The summed E-state index contributed by atoms with van der Waals surface area (Å²) in [4.78, 5) is 2.55. The average Bonchev–Trinajstić information content (AvgIpc) is 2.49. The molecule has 0 bridgehead atoms. The topological polar surface area (TPSA) is 52.6 Å². The van der Waals surface area contributed by atoms with Gasteiger partial charge in [0.15, 0.2) is 0 Å². The molecule has 120 valence electrons. The van der Waals surface area contributed by atoms with Crippen LogP contribution < -0.4 is 5.32 Å². The number of nitrogens with zero attached hydrogens (tertiary/aromatic N) is 2. The number of nitrogens with one attached hydrogen (secondary N) is 1. The molecule has 0 aromatic carbocycles. The zero-order chi connectivity index (χ0) is 15.2. The Labute approximate surface area is 124 Å². The van der Waals surface area contributed by atoms with Crippen LogP contribution >= 0.6 is 0 Å². The van der Waals surface area contributed by atoms with Crippen molar-refractivity contribution in [2.45, 2.75) is 51.6 Å². The van der Waals surface area contributed by atoms with Crippen LogP contribution in [0.2, 0.25) is 0 Å². The van der Waals surface area contributed by atoms with Gasteiger partial charge in [0.2, 0.25) is 10.0 Å². The van der Waals surface area contributed by atoms with E-state index < -0.39 is 10.0 Å². The molecule has 0 atom stereocenters. The number of hydrogen-bond donors (Lipinski definition) is 1. The van der Waals surface area contributed by atoms with Gasteiger partial charge in [-0.25, -0.2) is 12.7 Å². The number of likely N-dealkylation sites (tertiary alicyclic amines) is 1. The fourth-order valence-corrected chi connectivity index (χ4v) is 3.81. The third-order valence-corrected chi connectivity index (χ3v) is 5.71. The van der Waals surface area contributed by atoms with Crippen molar-refractivity contribution < 1.29 is 8.42 Å². The lowest BCUT2D eigenvalue weighted by Gasteiger charge is -2.41. The predicted octanol–water partition coefficient (Wildman–Crippen LogP) is 1.12. The maximum atomic E-state index is 11.5. The fraction of sp³-hybridized carbons (Fsp3) is 1.00. The first-order valence-electron chi connectivity index (χ1n) is 7.86. The van der Waals surface area contributed by atoms with E-state index in [4.69, 9.17) is 0 Å². The zero-order valence-electron chi connectivity index (χ0n) is 13.4. The van der Waals surface area contributed by atoms with Gasteiger partial charge in [-0.1, -0.05) is 13.8 Å². The summed E-state index contributed by atoms with van der Waals surface area (Å²) in [5.41, 5.74) is 0. The monoisotopic (exact) mass is 305 g/mol. The second-order valence-electron chi connectivity index (χ2n) is 5.53. The molecular formula is C14H31N3O2S. The first kappa shape index (κ1) is 17.9. The van der Waals surface area contributed by atoms with Crippen LogP contribution in [0, 0.1) is 0 Å². The van der Waals surface area contributed by atoms with Crippen LogP contribution in [0.3, 0.4) is 0 Å². The average molecular weight is 305 g/mol. The molecule has 0 spiro atoms. The molecule has 0 amide bonds. The first-order valence-corrected chi connectivity index (χ1v) is 9.71. The third-order valence-electron chi connectivity index (χ3n) is 4.36. The number of piperidine rings is 2. The molecule has 0 unspecified atom stereocenters. The van der Waals surface area contributed by atoms with Crippen molar-refractivity contribution in [1.29, 1.82) is 0 Å². The van der Waals surface area contributed by atoms with E-state index in [1.807, 2.05) is 13.8 Å². The molecule has 0 aromatic rings. The highest BCUT2D eigenvalue weighted by Crippen LogP contribution is 2.22. The minimum Gasteiger partial charge on any atom is -0.317 e. The molecule has 6 heteroatoms. The van der Waals surface area contributed by atoms with Gasteiger partial charge in [-0.15, -0.1) is 0 Å². The van der Waals surface area contributed by atoms with E-state index in [1.165, 1.54) is 19.1 Å². The summed E-state index contributed by atoms with van der Waals surface area (Å²) in [6.45, 7) is 8.31. The Hall–Kier alpha value is -0.170. The molecule has 5 nitrogen and oxygen atoms in total. The van der Waals surface area contributed by atoms with Gasteiger partial charge < -0.3 is 10.2 Å². The Morgan fingerprint density at radius 1 is 1.05 bits per heavy atom. The molecule has 2 aliphatic rings. The molecule has 0 aliphatic carbocycles. The van der Waals surface area contributed by atoms with Crippen LogP contribution in [-0.2, 0) is 10.0 Å². The second kappa shape index (κ2) is 8.32. The molecule has 2 fully saturated rings. The molecule has 2 saturated heterocycles. The minimum atomic E-state index is -3.04. The molecule has 0 aromatic heterocycles. The highest BCUT2D eigenvalue weighted by atomic mass is 32.2. The van der Waals surface area contributed by atoms with Crippen molar-refractivity contribution >= 4 is 10.0 Å². The van der Waals surface area contributed by atoms with Crippen molar-refractivity contribution in [2.24, 2.45) is 0 Å². The lowest BCUT2D eigenvalue weighted by Crippen LogP contribution is -2.50. The fourth-order valence-electron chi connectivity index (χ4n) is 3.06. The van der Waals surface area contributed by atoms with Crippen molar-refractivity contribution in [3.8, 4) is 0 Å². The summed E-state index contributed by atoms with van der Waals surface area (Å²) in [5, 5.41) is 3.39. The summed E-state index contributed by atoms with van der Waals surface area (Å²) in [6.07, 6.45) is 5.69. The highest BCUT2D eigenvalue weighted by Gasteiger charge is 2.30. The van der Waals surface area contributed by atoms with E-state index in [1.54, 1.807) is 11.4 Å². The van der Waals surface area contributed by atoms with Gasteiger partial charge >= 0.3 is 0 Å². The Kier molecular flexibility index (Phi) is 7.43. The molecular weight excluding hydrogens is 274 g/mol. The first-order chi connectivity index (χ1) is 9.48. The second-order valence-corrected chi connectivity index (χ2v) is 7.57. The summed E-state index contributed by atoms with van der Waals surface area (Å²) < 4.78 is 24.6. The molecule has 1 N–H and O–H groups in total. The van der Waals surface area contributed by atoms with Gasteiger partial charge in [0.05, 0.1) is 6.26 Å². The van der Waals surface area contributed by atoms with E-state index in [0.29, 0.717) is 6.04 Å². The van der Waals surface area contributed by atoms with Crippen LogP contribution in [-0.4, -0.2) is 69.2 Å². The van der Waals surface area contributed by atoms with E-state index in [9.17, 15) is 8.42 Å². The molecule has 2 heterocycles. The minimum absolute atomic E-state index is 0.193. The molecule has 2 rings (SSSR count). The normalized spacial score (nSPS) is 23.4. The molecule has 0 saturated carbocycles. The smallest absolute Gasteiger partial charge is 0.211 e. The van der Waals surface area contributed by atoms with Gasteiger partial charge in [-0.2, -0.15) is 0 Å². The standard InChI is InChI=1S/C12H25N3O2S.C2H6/c1-14(18(2,16)17)11-5-9-15(10-6-11)12-3-7-13-8-4-12;1-2/h11-13H,3-10H2,1-2H3;1-2H3. The van der Waals surface area contributed by atoms with Gasteiger partial charge in [-0.05, 0) is 51.9 Å². The van der Waals surface area contributed by atoms with Crippen molar-refractivity contribution in [1.82, 2.24) is 14.5 Å². The highest BCUT2D eigenvalue weighted by molar-refractivity contribution is 7.88. The van der Waals surface area contributed by atoms with Crippen LogP contribution in [0.1, 0.15) is 39.5 Å². The van der Waals surface area contributed by atoms with Crippen molar-refractivity contribution in [2.75, 3.05) is 39.5 Å². The number of hydrogen-bond acceptors (Lipinski definition) is 4. The number of rotatable bonds is 3. The van der Waals surface area contributed by atoms with Crippen LogP contribution in [0.15, 0.2) is 0 Å². The lowest BCUT2D eigenvalue weighted by atomic mass is 9.99. The molecule has 2 aliphatic heterocycles. The van der Waals surface area contributed by atoms with Crippen LogP contribution in [0.25, 0.3) is 0 Å². The quantitative estimate of drug-likeness (QED) is 0.849. The van der Waals surface area contributed by atoms with E-state index in [-0.39, 0.29) is 6.04 Å². The van der Waals surface area contributed by atoms with Crippen LogP contribution in [0.4, 0.5) is 0 Å². The van der Waals surface area contributed by atoms with Gasteiger partial charge in [0, 0.05) is 19.1 Å². The summed E-state index contributed by atoms with van der Waals surface area (Å²) in [7, 11) is -1.33. The van der Waals surface area contributed by atoms with E-state index >= 15 is 0 Å². The van der Waals surface area contributed by atoms with Crippen LogP contribution in [0.5, 0.6) is 0 Å². The predicted molar refractivity (Wildman–Crippen MR) is 84.4 cm³/mol. The van der Waals surface area contributed by atoms with Gasteiger partial charge in [0.25, 0.3) is 0 Å². The summed E-state index contributed by atoms with van der Waals surface area (Å²) >= 11 is 0.